The van der Waals surface area contributed by atoms with Crippen LogP contribution in [0.3, 0.4) is 0 Å². The Balaban J connectivity index is 1.96. The number of ketones is 1. The molecular formula is C26H22FNO5. The molecule has 3 aromatic carbocycles. The van der Waals surface area contributed by atoms with E-state index in [1.165, 1.54) is 49.5 Å². The molecule has 1 unspecified atom stereocenters. The number of hydrogen-bond donors (Lipinski definition) is 1. The Morgan fingerprint density at radius 2 is 1.61 bits per heavy atom. The van der Waals surface area contributed by atoms with Gasteiger partial charge in [-0.15, -0.1) is 0 Å². The first-order chi connectivity index (χ1) is 15.9. The van der Waals surface area contributed by atoms with Crippen LogP contribution < -0.4 is 14.4 Å². The molecule has 33 heavy (non-hydrogen) atoms. The summed E-state index contributed by atoms with van der Waals surface area (Å²) in [5.74, 6) is -2.03. The maximum atomic E-state index is 14.9. The highest BCUT2D eigenvalue weighted by atomic mass is 19.1. The molecule has 4 rings (SSSR count). The Hall–Kier alpha value is -4.13. The average molecular weight is 447 g/mol. The highest BCUT2D eigenvalue weighted by molar-refractivity contribution is 6.51. The number of ether oxygens (including phenoxy) is 2. The van der Waals surface area contributed by atoms with Crippen LogP contribution in [0.5, 0.6) is 11.5 Å². The van der Waals surface area contributed by atoms with Crippen LogP contribution in [-0.2, 0) is 9.59 Å². The van der Waals surface area contributed by atoms with Crippen LogP contribution in [0, 0.1) is 12.7 Å². The molecule has 0 radical (unpaired) electrons. The fourth-order valence-electron chi connectivity index (χ4n) is 3.93. The number of carbonyl (C=O) groups is 2. The quantitative estimate of drug-likeness (QED) is 0.346. The summed E-state index contributed by atoms with van der Waals surface area (Å²) >= 11 is 0. The monoisotopic (exact) mass is 447 g/mol. The Kier molecular flexibility index (Phi) is 5.87. The van der Waals surface area contributed by atoms with Gasteiger partial charge in [0.05, 0.1) is 25.8 Å². The zero-order valence-corrected chi connectivity index (χ0v) is 18.3. The van der Waals surface area contributed by atoms with Crippen molar-refractivity contribution in [2.24, 2.45) is 0 Å². The highest BCUT2D eigenvalue weighted by Gasteiger charge is 2.47. The minimum Gasteiger partial charge on any atom is -0.507 e. The van der Waals surface area contributed by atoms with E-state index in [0.29, 0.717) is 17.2 Å². The maximum Gasteiger partial charge on any atom is 0.300 e. The van der Waals surface area contributed by atoms with Gasteiger partial charge in [-0.2, -0.15) is 0 Å². The standard InChI is InChI=1S/C26H22FNO5/c1-15-8-11-17(12-9-15)28-23(18-6-4-5-7-19(18)27)22(25(30)26(28)31)24(29)16-10-13-20(32-2)21(14-16)33-3/h4-14,23,29H,1-3H3/b24-22+. The van der Waals surface area contributed by atoms with E-state index in [2.05, 4.69) is 0 Å². The van der Waals surface area contributed by atoms with Crippen LogP contribution in [0.15, 0.2) is 72.3 Å². The molecule has 1 heterocycles. The van der Waals surface area contributed by atoms with Gasteiger partial charge in [0.25, 0.3) is 11.7 Å². The first-order valence-corrected chi connectivity index (χ1v) is 10.2. The van der Waals surface area contributed by atoms with Crippen molar-refractivity contribution in [1.29, 1.82) is 0 Å². The Morgan fingerprint density at radius 1 is 0.939 bits per heavy atom. The van der Waals surface area contributed by atoms with Crippen LogP contribution in [-0.4, -0.2) is 31.0 Å². The number of methoxy groups -OCH3 is 2. The zero-order valence-electron chi connectivity index (χ0n) is 18.3. The minimum atomic E-state index is -1.15. The smallest absolute Gasteiger partial charge is 0.300 e. The van der Waals surface area contributed by atoms with E-state index in [4.69, 9.17) is 9.47 Å². The van der Waals surface area contributed by atoms with Crippen molar-refractivity contribution in [1.82, 2.24) is 0 Å². The summed E-state index contributed by atoms with van der Waals surface area (Å²) < 4.78 is 25.4. The topological polar surface area (TPSA) is 76.1 Å². The second kappa shape index (κ2) is 8.78. The molecular weight excluding hydrogens is 425 g/mol. The summed E-state index contributed by atoms with van der Waals surface area (Å²) in [6.07, 6.45) is 0. The predicted octanol–water partition coefficient (Wildman–Crippen LogP) is 4.78. The molecule has 3 aromatic rings. The molecule has 0 saturated carbocycles. The number of Topliss-reactive ketones (excluding diaryl/α,β-unsaturated/α-hetero) is 1. The van der Waals surface area contributed by atoms with Crippen molar-refractivity contribution < 1.29 is 28.6 Å². The van der Waals surface area contributed by atoms with Gasteiger partial charge < -0.3 is 14.6 Å². The molecule has 0 bridgehead atoms. The number of aryl methyl sites for hydroxylation is 1. The van der Waals surface area contributed by atoms with E-state index in [0.717, 1.165) is 5.56 Å². The highest BCUT2D eigenvalue weighted by Crippen LogP contribution is 2.43. The lowest BCUT2D eigenvalue weighted by Gasteiger charge is -2.26. The number of amides is 1. The van der Waals surface area contributed by atoms with E-state index in [1.54, 1.807) is 36.4 Å². The number of carbonyl (C=O) groups excluding carboxylic acids is 2. The lowest BCUT2D eigenvalue weighted by Crippen LogP contribution is -2.29. The number of nitrogens with zero attached hydrogens (tertiary/aromatic N) is 1. The summed E-state index contributed by atoms with van der Waals surface area (Å²) in [6, 6.07) is 16.3. The molecule has 1 saturated heterocycles. The van der Waals surface area contributed by atoms with E-state index < -0.39 is 29.3 Å². The third-order valence-corrected chi connectivity index (χ3v) is 5.61. The predicted molar refractivity (Wildman–Crippen MR) is 122 cm³/mol. The average Bonchev–Trinajstić information content (AvgIpc) is 3.09. The van der Waals surface area contributed by atoms with E-state index in [9.17, 15) is 19.1 Å². The van der Waals surface area contributed by atoms with Crippen molar-refractivity contribution in [2.75, 3.05) is 19.1 Å². The van der Waals surface area contributed by atoms with Crippen LogP contribution in [0.4, 0.5) is 10.1 Å². The number of aliphatic hydroxyl groups is 1. The van der Waals surface area contributed by atoms with Gasteiger partial charge in [-0.05, 0) is 43.3 Å². The van der Waals surface area contributed by atoms with Crippen LogP contribution in [0.25, 0.3) is 5.76 Å². The summed E-state index contributed by atoms with van der Waals surface area (Å²) in [4.78, 5) is 27.5. The second-order valence-electron chi connectivity index (χ2n) is 7.60. The number of anilines is 1. The van der Waals surface area contributed by atoms with Gasteiger partial charge in [0.2, 0.25) is 0 Å². The third-order valence-electron chi connectivity index (χ3n) is 5.61. The molecule has 7 heteroatoms. The number of rotatable bonds is 5. The van der Waals surface area contributed by atoms with Crippen molar-refractivity contribution in [3.63, 3.8) is 0 Å². The molecule has 0 aromatic heterocycles. The van der Waals surface area contributed by atoms with Crippen molar-refractivity contribution in [3.8, 4) is 11.5 Å². The maximum absolute atomic E-state index is 14.9. The molecule has 1 amide bonds. The van der Waals surface area contributed by atoms with E-state index in [-0.39, 0.29) is 16.7 Å². The van der Waals surface area contributed by atoms with Crippen LogP contribution >= 0.6 is 0 Å². The zero-order chi connectivity index (χ0) is 23.7. The molecule has 0 spiro atoms. The van der Waals surface area contributed by atoms with Gasteiger partial charge in [0.15, 0.2) is 11.5 Å². The normalized spacial score (nSPS) is 17.3. The van der Waals surface area contributed by atoms with Gasteiger partial charge in [-0.3, -0.25) is 14.5 Å². The number of hydrogen-bond acceptors (Lipinski definition) is 5. The summed E-state index contributed by atoms with van der Waals surface area (Å²) in [6.45, 7) is 1.89. The number of benzene rings is 3. The lowest BCUT2D eigenvalue weighted by molar-refractivity contribution is -0.132. The van der Waals surface area contributed by atoms with Gasteiger partial charge >= 0.3 is 0 Å². The Morgan fingerprint density at radius 3 is 2.24 bits per heavy atom. The van der Waals surface area contributed by atoms with E-state index in [1.807, 2.05) is 6.92 Å². The van der Waals surface area contributed by atoms with Crippen LogP contribution in [0.1, 0.15) is 22.7 Å². The molecule has 1 aliphatic heterocycles. The van der Waals surface area contributed by atoms with Crippen molar-refractivity contribution in [2.45, 2.75) is 13.0 Å². The van der Waals surface area contributed by atoms with Crippen molar-refractivity contribution in [3.05, 3.63) is 94.8 Å². The van der Waals surface area contributed by atoms with Gasteiger partial charge in [-0.1, -0.05) is 35.9 Å². The molecule has 168 valence electrons. The fraction of sp³-hybridized carbons (Fsp3) is 0.154. The second-order valence-corrected chi connectivity index (χ2v) is 7.60. The first kappa shape index (κ1) is 22.1. The molecule has 1 atom stereocenters. The minimum absolute atomic E-state index is 0.0966. The Bertz CT molecular complexity index is 1270. The SMILES string of the molecule is COc1ccc(/C(O)=C2\C(=O)C(=O)N(c3ccc(C)cc3)C2c2ccccc2F)cc1OC. The molecule has 1 aliphatic rings. The van der Waals surface area contributed by atoms with E-state index >= 15 is 0 Å². The number of aliphatic hydroxyl groups excluding tert-OH is 1. The third kappa shape index (κ3) is 3.82. The van der Waals surface area contributed by atoms with Gasteiger partial charge in [-0.25, -0.2) is 4.39 Å². The summed E-state index contributed by atoms with van der Waals surface area (Å²) in [7, 11) is 2.92. The van der Waals surface area contributed by atoms with Crippen LogP contribution in [0.2, 0.25) is 0 Å². The summed E-state index contributed by atoms with van der Waals surface area (Å²) in [5.41, 5.74) is 1.50. The molecule has 0 aliphatic carbocycles. The first-order valence-electron chi connectivity index (χ1n) is 10.2. The Labute approximate surface area is 190 Å². The number of halogens is 1. The lowest BCUT2D eigenvalue weighted by atomic mass is 9.94. The van der Waals surface area contributed by atoms with Gasteiger partial charge in [0.1, 0.15) is 11.6 Å². The molecule has 6 nitrogen and oxygen atoms in total. The fourth-order valence-corrected chi connectivity index (χ4v) is 3.93. The molecule has 1 fully saturated rings. The van der Waals surface area contributed by atoms with Crippen molar-refractivity contribution >= 4 is 23.1 Å². The van der Waals surface area contributed by atoms with Gasteiger partial charge in [0, 0.05) is 16.8 Å². The largest absolute Gasteiger partial charge is 0.507 e. The summed E-state index contributed by atoms with van der Waals surface area (Å²) in [5, 5.41) is 11.2. The molecule has 1 N–H and O–H groups in total.